The molecule has 1 aromatic heterocycles. The minimum Gasteiger partial charge on any atom is -0.387 e. The molecule has 1 unspecified atom stereocenters. The van der Waals surface area contributed by atoms with Crippen molar-refractivity contribution < 1.29 is 9.63 Å². The van der Waals surface area contributed by atoms with Crippen molar-refractivity contribution in [2.75, 3.05) is 25.1 Å². The van der Waals surface area contributed by atoms with Crippen molar-refractivity contribution in [2.45, 2.75) is 32.4 Å². The molecule has 1 saturated heterocycles. The van der Waals surface area contributed by atoms with Gasteiger partial charge in [0.2, 0.25) is 0 Å². The van der Waals surface area contributed by atoms with Gasteiger partial charge in [0.15, 0.2) is 5.96 Å². The molecule has 0 aromatic carbocycles. The Bertz CT molecular complexity index is 467. The first-order valence-corrected chi connectivity index (χ1v) is 7.86. The van der Waals surface area contributed by atoms with Gasteiger partial charge in [0.25, 0.3) is 0 Å². The van der Waals surface area contributed by atoms with E-state index in [4.69, 9.17) is 4.52 Å². The number of guanidine groups is 1. The second-order valence-electron chi connectivity index (χ2n) is 5.11. The summed E-state index contributed by atoms with van der Waals surface area (Å²) in [6, 6.07) is 0. The van der Waals surface area contributed by atoms with Gasteiger partial charge in [-0.1, -0.05) is 5.16 Å². The van der Waals surface area contributed by atoms with Gasteiger partial charge >= 0.3 is 0 Å². The van der Waals surface area contributed by atoms with Crippen molar-refractivity contribution in [1.29, 1.82) is 0 Å². The number of aliphatic hydroxyl groups is 1. The summed E-state index contributed by atoms with van der Waals surface area (Å²) in [7, 11) is 1.72. The second-order valence-corrected chi connectivity index (χ2v) is 6.21. The number of aliphatic imine (C=N–C) groups is 1. The molecule has 0 saturated carbocycles. The van der Waals surface area contributed by atoms with E-state index in [0.717, 1.165) is 34.9 Å². The third-order valence-corrected chi connectivity index (χ3v) is 4.74. The molecule has 0 aliphatic carbocycles. The van der Waals surface area contributed by atoms with Crippen LogP contribution in [0.25, 0.3) is 0 Å². The molecular weight excluding hydrogens is 403 g/mol. The Morgan fingerprint density at radius 3 is 2.76 bits per heavy atom. The Labute approximate surface area is 146 Å². The van der Waals surface area contributed by atoms with Gasteiger partial charge < -0.3 is 20.3 Å². The maximum Gasteiger partial charge on any atom is 0.191 e. The van der Waals surface area contributed by atoms with Crippen molar-refractivity contribution in [1.82, 2.24) is 15.8 Å². The number of rotatable bonds is 4. The Balaban J connectivity index is 0.00000220. The van der Waals surface area contributed by atoms with Gasteiger partial charge in [-0.05, 0) is 26.0 Å². The van der Waals surface area contributed by atoms with Crippen LogP contribution in [0.2, 0.25) is 0 Å². The van der Waals surface area contributed by atoms with Crippen molar-refractivity contribution in [3.8, 4) is 0 Å². The number of hydrogen-bond donors (Lipinski definition) is 3. The Morgan fingerprint density at radius 2 is 2.24 bits per heavy atom. The van der Waals surface area contributed by atoms with Gasteiger partial charge in [-0.25, -0.2) is 0 Å². The molecule has 21 heavy (non-hydrogen) atoms. The molecule has 120 valence electrons. The van der Waals surface area contributed by atoms with E-state index in [1.165, 1.54) is 0 Å². The average molecular weight is 426 g/mol. The average Bonchev–Trinajstić information content (AvgIpc) is 2.99. The van der Waals surface area contributed by atoms with Gasteiger partial charge in [0, 0.05) is 31.5 Å². The van der Waals surface area contributed by atoms with Crippen molar-refractivity contribution in [3.05, 3.63) is 17.0 Å². The van der Waals surface area contributed by atoms with Crippen LogP contribution < -0.4 is 10.6 Å². The van der Waals surface area contributed by atoms with Crippen LogP contribution in [0, 0.1) is 13.8 Å². The standard InChI is InChI=1S/C13H22N4O2S.HI/c1-9-11(10(2)19-17-9)6-15-12(14-3)16-7-13(18)4-5-20-8-13;/h18H,4-8H2,1-3H3,(H2,14,15,16);1H. The first kappa shape index (κ1) is 18.6. The molecule has 8 heteroatoms. The number of thioether (sulfide) groups is 1. The maximum absolute atomic E-state index is 10.3. The van der Waals surface area contributed by atoms with Gasteiger partial charge in [-0.3, -0.25) is 4.99 Å². The summed E-state index contributed by atoms with van der Waals surface area (Å²) in [6.07, 6.45) is 0.825. The summed E-state index contributed by atoms with van der Waals surface area (Å²) in [5, 5.41) is 20.6. The fourth-order valence-corrected chi connectivity index (χ4v) is 3.43. The third-order valence-electron chi connectivity index (χ3n) is 3.50. The second kappa shape index (κ2) is 8.23. The summed E-state index contributed by atoms with van der Waals surface area (Å²) < 4.78 is 5.13. The molecule has 0 bridgehead atoms. The lowest BCUT2D eigenvalue weighted by Gasteiger charge is -2.23. The lowest BCUT2D eigenvalue weighted by atomic mass is 10.0. The number of aromatic nitrogens is 1. The lowest BCUT2D eigenvalue weighted by Crippen LogP contribution is -2.47. The van der Waals surface area contributed by atoms with E-state index in [0.29, 0.717) is 19.0 Å². The fraction of sp³-hybridized carbons (Fsp3) is 0.692. The quantitative estimate of drug-likeness (QED) is 0.384. The molecule has 3 N–H and O–H groups in total. The number of hydrogen-bond acceptors (Lipinski definition) is 5. The molecule has 1 aliphatic rings. The van der Waals surface area contributed by atoms with Crippen LogP contribution in [0.1, 0.15) is 23.4 Å². The Morgan fingerprint density at radius 1 is 1.48 bits per heavy atom. The van der Waals surface area contributed by atoms with Crippen molar-refractivity contribution in [2.24, 2.45) is 4.99 Å². The fourth-order valence-electron chi connectivity index (χ4n) is 2.13. The van der Waals surface area contributed by atoms with E-state index >= 15 is 0 Å². The molecule has 0 spiro atoms. The number of aryl methyl sites for hydroxylation is 2. The topological polar surface area (TPSA) is 82.7 Å². The molecule has 1 fully saturated rings. The van der Waals surface area contributed by atoms with Crippen LogP contribution in [0.3, 0.4) is 0 Å². The predicted octanol–water partition coefficient (Wildman–Crippen LogP) is 1.44. The highest BCUT2D eigenvalue weighted by atomic mass is 127. The molecular formula is C13H23IN4O2S. The zero-order chi connectivity index (χ0) is 14.6. The summed E-state index contributed by atoms with van der Waals surface area (Å²) in [6.45, 7) is 4.93. The highest BCUT2D eigenvalue weighted by Gasteiger charge is 2.31. The Hall–Kier alpha value is -0.480. The first-order chi connectivity index (χ1) is 9.54. The molecule has 0 radical (unpaired) electrons. The molecule has 2 rings (SSSR count). The van der Waals surface area contributed by atoms with Crippen LogP contribution >= 0.6 is 35.7 Å². The van der Waals surface area contributed by atoms with Crippen LogP contribution in [-0.4, -0.2) is 46.9 Å². The highest BCUT2D eigenvalue weighted by Crippen LogP contribution is 2.26. The van der Waals surface area contributed by atoms with E-state index in [1.54, 1.807) is 18.8 Å². The highest BCUT2D eigenvalue weighted by molar-refractivity contribution is 14.0. The molecule has 2 heterocycles. The van der Waals surface area contributed by atoms with E-state index in [9.17, 15) is 5.11 Å². The number of nitrogens with one attached hydrogen (secondary N) is 2. The largest absolute Gasteiger partial charge is 0.387 e. The van der Waals surface area contributed by atoms with E-state index < -0.39 is 5.60 Å². The normalized spacial score (nSPS) is 22.0. The zero-order valence-electron chi connectivity index (χ0n) is 12.6. The van der Waals surface area contributed by atoms with Gasteiger partial charge in [0.1, 0.15) is 5.76 Å². The Kier molecular flexibility index (Phi) is 7.28. The van der Waals surface area contributed by atoms with Crippen molar-refractivity contribution >= 4 is 41.7 Å². The van der Waals surface area contributed by atoms with E-state index in [1.807, 2.05) is 13.8 Å². The summed E-state index contributed by atoms with van der Waals surface area (Å²) in [5.74, 6) is 3.29. The molecule has 6 nitrogen and oxygen atoms in total. The number of halogens is 1. The zero-order valence-corrected chi connectivity index (χ0v) is 15.7. The van der Waals surface area contributed by atoms with Gasteiger partial charge in [-0.2, -0.15) is 11.8 Å². The maximum atomic E-state index is 10.3. The van der Waals surface area contributed by atoms with E-state index in [2.05, 4.69) is 20.8 Å². The number of nitrogens with zero attached hydrogens (tertiary/aromatic N) is 2. The van der Waals surface area contributed by atoms with Crippen molar-refractivity contribution in [3.63, 3.8) is 0 Å². The molecule has 1 aromatic rings. The molecule has 1 atom stereocenters. The smallest absolute Gasteiger partial charge is 0.191 e. The van der Waals surface area contributed by atoms with Crippen LogP contribution in [-0.2, 0) is 6.54 Å². The SMILES string of the molecule is CN=C(NCc1c(C)noc1C)NCC1(O)CCSC1.I. The van der Waals surface area contributed by atoms with Crippen LogP contribution in [0.5, 0.6) is 0 Å². The third kappa shape index (κ3) is 5.03. The van der Waals surface area contributed by atoms with Gasteiger partial charge in [0.05, 0.1) is 11.3 Å². The minimum atomic E-state index is -0.620. The summed E-state index contributed by atoms with van der Waals surface area (Å²) in [4.78, 5) is 4.16. The lowest BCUT2D eigenvalue weighted by molar-refractivity contribution is 0.0724. The minimum absolute atomic E-state index is 0. The predicted molar refractivity (Wildman–Crippen MR) is 96.5 cm³/mol. The molecule has 1 aliphatic heterocycles. The summed E-state index contributed by atoms with van der Waals surface area (Å²) in [5.41, 5.74) is 1.31. The monoisotopic (exact) mass is 426 g/mol. The van der Waals surface area contributed by atoms with Crippen LogP contribution in [0.4, 0.5) is 0 Å². The summed E-state index contributed by atoms with van der Waals surface area (Å²) >= 11 is 1.78. The first-order valence-electron chi connectivity index (χ1n) is 6.70. The van der Waals surface area contributed by atoms with E-state index in [-0.39, 0.29) is 24.0 Å². The van der Waals surface area contributed by atoms with Gasteiger partial charge in [-0.15, -0.1) is 24.0 Å². The molecule has 0 amide bonds. The van der Waals surface area contributed by atoms with Crippen LogP contribution in [0.15, 0.2) is 9.52 Å².